The molecule has 22 heavy (non-hydrogen) atoms. The quantitative estimate of drug-likeness (QED) is 0.494. The first kappa shape index (κ1) is 22.1. The summed E-state index contributed by atoms with van der Waals surface area (Å²) in [4.78, 5) is 11.1. The number of unbranched alkanes of at least 4 members (excludes halogenated alkanes) is 8. The van der Waals surface area contributed by atoms with Crippen LogP contribution in [0.2, 0.25) is 0 Å². The molecule has 4 heteroatoms. The van der Waals surface area contributed by atoms with E-state index in [0.29, 0.717) is 0 Å². The maximum absolute atomic E-state index is 11.2. The molecule has 1 aromatic carbocycles. The van der Waals surface area contributed by atoms with Crippen LogP contribution < -0.4 is 56.5 Å². The van der Waals surface area contributed by atoms with E-state index >= 15 is 0 Å². The van der Waals surface area contributed by atoms with Crippen molar-refractivity contribution in [2.24, 2.45) is 0 Å². The fourth-order valence-corrected chi connectivity index (χ4v) is 2.60. The van der Waals surface area contributed by atoms with Crippen molar-refractivity contribution in [2.75, 3.05) is 0 Å². The second-order valence-electron chi connectivity index (χ2n) is 5.70. The van der Waals surface area contributed by atoms with Gasteiger partial charge in [-0.1, -0.05) is 76.5 Å². The molecule has 0 aromatic heterocycles. The number of carboxylic acid groups (broad SMARTS) is 1. The number of aromatic carboxylic acids is 1. The zero-order valence-electron chi connectivity index (χ0n) is 14.1. The number of hydrogen-bond acceptors (Lipinski definition) is 2. The molecule has 0 bridgehead atoms. The Morgan fingerprint density at radius 2 is 1.55 bits per heavy atom. The second-order valence-corrected chi connectivity index (χ2v) is 5.70. The first-order valence-corrected chi connectivity index (χ1v) is 8.18. The minimum absolute atomic E-state index is 0. The maximum atomic E-state index is 11.2. The third-order valence-electron chi connectivity index (χ3n) is 3.86. The van der Waals surface area contributed by atoms with E-state index in [0.717, 1.165) is 24.8 Å². The van der Waals surface area contributed by atoms with Crippen LogP contribution in [0.25, 0.3) is 0 Å². The zero-order chi connectivity index (χ0) is 15.5. The van der Waals surface area contributed by atoms with E-state index in [-0.39, 0.29) is 62.7 Å². The van der Waals surface area contributed by atoms with Gasteiger partial charge in [-0.3, -0.25) is 0 Å². The fraction of sp³-hybridized carbons (Fsp3) is 0.611. The normalized spacial score (nSPS) is 10.2. The number of aryl methyl sites for hydroxylation is 1. The molecule has 1 rings (SSSR count). The molecule has 0 saturated heterocycles. The summed E-state index contributed by atoms with van der Waals surface area (Å²) in [6, 6.07) is 4.34. The molecular weight excluding hydrogens is 303 g/mol. The maximum Gasteiger partial charge on any atom is 1.00 e. The van der Waals surface area contributed by atoms with E-state index < -0.39 is 5.97 Å². The first-order valence-electron chi connectivity index (χ1n) is 8.18. The Labute approximate surface area is 176 Å². The summed E-state index contributed by atoms with van der Waals surface area (Å²) >= 11 is 0. The number of rotatable bonds is 11. The van der Waals surface area contributed by atoms with Gasteiger partial charge in [0.2, 0.25) is 0 Å². The molecule has 0 radical (unpaired) electrons. The molecule has 0 aliphatic carbocycles. The van der Waals surface area contributed by atoms with Crippen molar-refractivity contribution in [2.45, 2.75) is 71.1 Å². The molecule has 0 amide bonds. The minimum Gasteiger partial charge on any atom is -0.872 e. The Bertz CT molecular complexity index is 432. The van der Waals surface area contributed by atoms with E-state index in [1.165, 1.54) is 57.1 Å². The van der Waals surface area contributed by atoms with Crippen LogP contribution >= 0.6 is 0 Å². The van der Waals surface area contributed by atoms with E-state index in [4.69, 9.17) is 5.11 Å². The van der Waals surface area contributed by atoms with Gasteiger partial charge in [-0.05, 0) is 18.4 Å². The molecule has 0 fully saturated rings. The third kappa shape index (κ3) is 9.31. The molecule has 1 aromatic rings. The van der Waals surface area contributed by atoms with Crippen LogP contribution in [0.3, 0.4) is 0 Å². The van der Waals surface area contributed by atoms with Crippen molar-refractivity contribution >= 4 is 5.97 Å². The molecule has 0 aliphatic heterocycles. The van der Waals surface area contributed by atoms with Gasteiger partial charge in [-0.15, -0.1) is 5.75 Å². The molecule has 0 saturated carbocycles. The molecule has 1 N–H and O–H groups in total. The largest absolute Gasteiger partial charge is 1.00 e. The first-order chi connectivity index (χ1) is 10.1. The fourth-order valence-electron chi connectivity index (χ4n) is 2.60. The van der Waals surface area contributed by atoms with Crippen LogP contribution in [0.4, 0.5) is 0 Å². The van der Waals surface area contributed by atoms with Gasteiger partial charge in [-0.2, -0.15) is 0 Å². The van der Waals surface area contributed by atoms with Crippen LogP contribution in [-0.2, 0) is 6.42 Å². The van der Waals surface area contributed by atoms with Crippen molar-refractivity contribution in [3.05, 3.63) is 29.3 Å². The summed E-state index contributed by atoms with van der Waals surface area (Å²) in [5.41, 5.74) is 0.951. The van der Waals surface area contributed by atoms with Gasteiger partial charge in [0.25, 0.3) is 0 Å². The summed E-state index contributed by atoms with van der Waals surface area (Å²) in [5, 5.41) is 20.3. The Balaban J connectivity index is 0.00000441. The van der Waals surface area contributed by atoms with Crippen LogP contribution in [0.15, 0.2) is 18.2 Å². The summed E-state index contributed by atoms with van der Waals surface area (Å²) in [7, 11) is 0. The number of carboxylic acids is 1. The van der Waals surface area contributed by atoms with Crippen LogP contribution in [-0.4, -0.2) is 11.1 Å². The summed E-state index contributed by atoms with van der Waals surface area (Å²) in [5.74, 6) is -1.23. The standard InChI is InChI=1S/C18H28O3.K/c1-2-3-4-5-6-7-8-9-10-11-15-12-13-16(19)14-17(15)18(20)21;/h12-14,19H,2-11H2,1H3,(H,20,21);/q;+1/p-1. The molecule has 3 nitrogen and oxygen atoms in total. The third-order valence-corrected chi connectivity index (χ3v) is 3.86. The van der Waals surface area contributed by atoms with Gasteiger partial charge in [-0.25, -0.2) is 4.79 Å². The Kier molecular flexibility index (Phi) is 13.6. The van der Waals surface area contributed by atoms with Gasteiger partial charge in [0.1, 0.15) is 0 Å². The van der Waals surface area contributed by atoms with Crippen molar-refractivity contribution in [1.29, 1.82) is 0 Å². The molecule has 0 spiro atoms. The average Bonchev–Trinajstić information content (AvgIpc) is 2.46. The number of carbonyl (C=O) groups is 1. The van der Waals surface area contributed by atoms with Gasteiger partial charge in [0, 0.05) is 0 Å². The number of hydrogen-bond donors (Lipinski definition) is 1. The van der Waals surface area contributed by atoms with Crippen molar-refractivity contribution < 1.29 is 66.4 Å². The predicted octanol–water partition coefficient (Wildman–Crippen LogP) is 1.54. The van der Waals surface area contributed by atoms with Crippen molar-refractivity contribution in [1.82, 2.24) is 0 Å². The predicted molar refractivity (Wildman–Crippen MR) is 83.8 cm³/mol. The van der Waals surface area contributed by atoms with Gasteiger partial charge >= 0.3 is 57.4 Å². The summed E-state index contributed by atoms with van der Waals surface area (Å²) < 4.78 is 0. The molecule has 0 aliphatic rings. The zero-order valence-corrected chi connectivity index (χ0v) is 17.2. The monoisotopic (exact) mass is 330 g/mol. The summed E-state index contributed by atoms with van der Waals surface area (Å²) in [6.07, 6.45) is 12.0. The smallest absolute Gasteiger partial charge is 0.872 e. The van der Waals surface area contributed by atoms with Gasteiger partial charge in [0.05, 0.1) is 5.56 Å². The Morgan fingerprint density at radius 1 is 1.00 bits per heavy atom. The molecule has 0 atom stereocenters. The topological polar surface area (TPSA) is 60.4 Å². The summed E-state index contributed by atoms with van der Waals surface area (Å²) in [6.45, 7) is 2.23. The van der Waals surface area contributed by atoms with E-state index in [1.807, 2.05) is 0 Å². The molecule has 118 valence electrons. The molecule has 0 unspecified atom stereocenters. The van der Waals surface area contributed by atoms with Gasteiger partial charge < -0.3 is 10.2 Å². The van der Waals surface area contributed by atoms with Crippen LogP contribution in [0.5, 0.6) is 5.75 Å². The van der Waals surface area contributed by atoms with Crippen LogP contribution in [0, 0.1) is 0 Å². The van der Waals surface area contributed by atoms with E-state index in [9.17, 15) is 9.90 Å². The molecular formula is C18H27KO3. The number of benzene rings is 1. The van der Waals surface area contributed by atoms with Crippen molar-refractivity contribution in [3.8, 4) is 5.75 Å². The second kappa shape index (κ2) is 13.6. The van der Waals surface area contributed by atoms with Crippen LogP contribution in [0.1, 0.15) is 80.6 Å². The molecule has 0 heterocycles. The Morgan fingerprint density at radius 3 is 2.09 bits per heavy atom. The van der Waals surface area contributed by atoms with Crippen molar-refractivity contribution in [3.63, 3.8) is 0 Å². The van der Waals surface area contributed by atoms with E-state index in [1.54, 1.807) is 6.07 Å². The Hall–Kier alpha value is 0.126. The minimum atomic E-state index is -1.00. The van der Waals surface area contributed by atoms with E-state index in [2.05, 4.69) is 6.92 Å². The average molecular weight is 331 g/mol. The SMILES string of the molecule is CCCCCCCCCCCc1ccc([O-])cc1C(=O)O.[K+]. The van der Waals surface area contributed by atoms with Gasteiger partial charge in [0.15, 0.2) is 0 Å².